The molecule has 2 N–H and O–H groups in total. The zero-order valence-electron chi connectivity index (χ0n) is 12.6. The molecular weight excluding hydrogens is 270 g/mol. The molecule has 2 aromatic rings. The number of aromatic carboxylic acids is 1. The van der Waals surface area contributed by atoms with Gasteiger partial charge < -0.3 is 15.0 Å². The minimum absolute atomic E-state index is 0.104. The second-order valence-corrected chi connectivity index (χ2v) is 6.05. The Balaban J connectivity index is 2.34. The number of carboxylic acid groups (broad SMARTS) is 1. The first-order valence-electron chi connectivity index (χ1n) is 6.68. The van der Waals surface area contributed by atoms with Gasteiger partial charge in [0.1, 0.15) is 12.4 Å². The summed E-state index contributed by atoms with van der Waals surface area (Å²) in [4.78, 5) is 27.3. The lowest BCUT2D eigenvalue weighted by molar-refractivity contribution is -0.123. The summed E-state index contributed by atoms with van der Waals surface area (Å²) in [6.45, 7) is 7.71. The van der Waals surface area contributed by atoms with Crippen LogP contribution < -0.4 is 5.32 Å². The van der Waals surface area contributed by atoms with Crippen LogP contribution in [0.2, 0.25) is 0 Å². The third kappa shape index (κ3) is 3.39. The summed E-state index contributed by atoms with van der Waals surface area (Å²) < 4.78 is 1.78. The Bertz CT molecular complexity index is 711. The summed E-state index contributed by atoms with van der Waals surface area (Å²) in [6.07, 6.45) is 0. The maximum absolute atomic E-state index is 12.0. The van der Waals surface area contributed by atoms with Crippen LogP contribution in [-0.4, -0.2) is 32.1 Å². The molecule has 0 aliphatic rings. The van der Waals surface area contributed by atoms with E-state index < -0.39 is 5.97 Å². The van der Waals surface area contributed by atoms with Gasteiger partial charge in [-0.05, 0) is 45.9 Å². The third-order valence-electron chi connectivity index (χ3n) is 3.00. The van der Waals surface area contributed by atoms with Crippen LogP contribution in [0.4, 0.5) is 0 Å². The molecule has 0 saturated carbocycles. The van der Waals surface area contributed by atoms with Crippen LogP contribution in [0, 0.1) is 6.92 Å². The number of carbonyl (C=O) groups is 2. The average molecular weight is 289 g/mol. The van der Waals surface area contributed by atoms with Crippen molar-refractivity contribution in [2.24, 2.45) is 0 Å². The maximum Gasteiger partial charge on any atom is 0.335 e. The molecule has 0 fully saturated rings. The molecule has 21 heavy (non-hydrogen) atoms. The van der Waals surface area contributed by atoms with E-state index in [0.29, 0.717) is 11.3 Å². The molecule has 0 saturated heterocycles. The van der Waals surface area contributed by atoms with E-state index in [1.54, 1.807) is 17.6 Å². The second-order valence-electron chi connectivity index (χ2n) is 6.05. The van der Waals surface area contributed by atoms with Crippen LogP contribution in [0.1, 0.15) is 37.0 Å². The van der Waals surface area contributed by atoms with Crippen LogP contribution in [0.25, 0.3) is 11.0 Å². The number of fused-ring (bicyclic) bond motifs is 1. The van der Waals surface area contributed by atoms with Crippen molar-refractivity contribution < 1.29 is 14.7 Å². The lowest BCUT2D eigenvalue weighted by atomic mass is 10.1. The van der Waals surface area contributed by atoms with Gasteiger partial charge in [-0.2, -0.15) is 0 Å². The molecule has 1 aromatic carbocycles. The largest absolute Gasteiger partial charge is 0.478 e. The van der Waals surface area contributed by atoms with Gasteiger partial charge in [-0.15, -0.1) is 0 Å². The number of hydrogen-bond acceptors (Lipinski definition) is 3. The molecule has 0 spiro atoms. The Labute approximate surface area is 122 Å². The molecule has 1 amide bonds. The van der Waals surface area contributed by atoms with Crippen LogP contribution in [0.3, 0.4) is 0 Å². The summed E-state index contributed by atoms with van der Waals surface area (Å²) in [7, 11) is 0. The molecule has 2 rings (SSSR count). The predicted molar refractivity (Wildman–Crippen MR) is 79.3 cm³/mol. The van der Waals surface area contributed by atoms with Crippen LogP contribution >= 0.6 is 0 Å². The van der Waals surface area contributed by atoms with E-state index >= 15 is 0 Å². The summed E-state index contributed by atoms with van der Waals surface area (Å²) in [5, 5.41) is 11.9. The van der Waals surface area contributed by atoms with Crippen molar-refractivity contribution >= 4 is 22.9 Å². The van der Waals surface area contributed by atoms with E-state index in [0.717, 1.165) is 5.52 Å². The molecule has 6 heteroatoms. The number of nitrogens with one attached hydrogen (secondary N) is 1. The number of nitrogens with zero attached hydrogens (tertiary/aromatic N) is 2. The van der Waals surface area contributed by atoms with Gasteiger partial charge in [-0.1, -0.05) is 0 Å². The number of carbonyl (C=O) groups excluding carboxylic acids is 1. The fraction of sp³-hybridized carbons (Fsp3) is 0.400. The van der Waals surface area contributed by atoms with Crippen molar-refractivity contribution in [3.63, 3.8) is 0 Å². The first-order valence-corrected chi connectivity index (χ1v) is 6.68. The number of benzene rings is 1. The molecule has 0 unspecified atom stereocenters. The Kier molecular flexibility index (Phi) is 3.72. The Morgan fingerprint density at radius 3 is 2.57 bits per heavy atom. The minimum atomic E-state index is -0.991. The summed E-state index contributed by atoms with van der Waals surface area (Å²) in [5.41, 5.74) is 1.22. The molecule has 1 aromatic heterocycles. The van der Waals surface area contributed by atoms with Gasteiger partial charge >= 0.3 is 5.97 Å². The minimum Gasteiger partial charge on any atom is -0.478 e. The Hall–Kier alpha value is -2.37. The van der Waals surface area contributed by atoms with Gasteiger partial charge in [0.15, 0.2) is 0 Å². The maximum atomic E-state index is 12.0. The van der Waals surface area contributed by atoms with Crippen LogP contribution in [0.5, 0.6) is 0 Å². The van der Waals surface area contributed by atoms with Crippen molar-refractivity contribution in [1.82, 2.24) is 14.9 Å². The number of amides is 1. The SMILES string of the molecule is Cc1nc2cc(C(=O)O)ccc2n1CC(=O)NC(C)(C)C. The average Bonchev–Trinajstić information content (AvgIpc) is 2.62. The first-order chi connectivity index (χ1) is 9.67. The van der Waals surface area contributed by atoms with Crippen molar-refractivity contribution in [3.8, 4) is 0 Å². The van der Waals surface area contributed by atoms with Crippen LogP contribution in [-0.2, 0) is 11.3 Å². The molecular formula is C15H19N3O3. The number of rotatable bonds is 3. The zero-order valence-corrected chi connectivity index (χ0v) is 12.6. The summed E-state index contributed by atoms with van der Waals surface area (Å²) in [6, 6.07) is 4.72. The highest BCUT2D eigenvalue weighted by Gasteiger charge is 2.17. The number of hydrogen-bond donors (Lipinski definition) is 2. The third-order valence-corrected chi connectivity index (χ3v) is 3.00. The number of aryl methyl sites for hydroxylation is 1. The highest BCUT2D eigenvalue weighted by atomic mass is 16.4. The topological polar surface area (TPSA) is 84.2 Å². The van der Waals surface area contributed by atoms with Crippen molar-refractivity contribution in [3.05, 3.63) is 29.6 Å². The van der Waals surface area contributed by atoms with Crippen LogP contribution in [0.15, 0.2) is 18.2 Å². The fourth-order valence-corrected chi connectivity index (χ4v) is 2.18. The summed E-state index contributed by atoms with van der Waals surface area (Å²) >= 11 is 0. The van der Waals surface area contributed by atoms with Crippen molar-refractivity contribution in [2.45, 2.75) is 39.8 Å². The van der Waals surface area contributed by atoms with Gasteiger partial charge in [-0.3, -0.25) is 4.79 Å². The molecule has 6 nitrogen and oxygen atoms in total. The van der Waals surface area contributed by atoms with Gasteiger partial charge in [-0.25, -0.2) is 9.78 Å². The molecule has 1 heterocycles. The number of aromatic nitrogens is 2. The molecule has 0 aliphatic carbocycles. The Morgan fingerprint density at radius 2 is 2.00 bits per heavy atom. The quantitative estimate of drug-likeness (QED) is 0.904. The van der Waals surface area contributed by atoms with E-state index in [4.69, 9.17) is 5.11 Å². The lowest BCUT2D eigenvalue weighted by Gasteiger charge is -2.21. The lowest BCUT2D eigenvalue weighted by Crippen LogP contribution is -2.42. The fourth-order valence-electron chi connectivity index (χ4n) is 2.18. The molecule has 0 radical (unpaired) electrons. The van der Waals surface area contributed by atoms with Gasteiger partial charge in [0.25, 0.3) is 0 Å². The second kappa shape index (κ2) is 5.20. The van der Waals surface area contributed by atoms with Gasteiger partial charge in [0.05, 0.1) is 16.6 Å². The Morgan fingerprint density at radius 1 is 1.33 bits per heavy atom. The molecule has 0 aliphatic heterocycles. The normalized spacial score (nSPS) is 11.6. The monoisotopic (exact) mass is 289 g/mol. The zero-order chi connectivity index (χ0) is 15.8. The van der Waals surface area contributed by atoms with E-state index in [2.05, 4.69) is 10.3 Å². The van der Waals surface area contributed by atoms with E-state index in [9.17, 15) is 9.59 Å². The van der Waals surface area contributed by atoms with E-state index in [1.807, 2.05) is 20.8 Å². The smallest absolute Gasteiger partial charge is 0.335 e. The molecule has 0 bridgehead atoms. The number of carboxylic acids is 1. The predicted octanol–water partition coefficient (Wildman–Crippen LogP) is 1.96. The van der Waals surface area contributed by atoms with Gasteiger partial charge in [0.2, 0.25) is 5.91 Å². The van der Waals surface area contributed by atoms with Crippen molar-refractivity contribution in [1.29, 1.82) is 0 Å². The first kappa shape index (κ1) is 15.0. The molecule has 0 atom stereocenters. The van der Waals surface area contributed by atoms with E-state index in [-0.39, 0.29) is 23.6 Å². The summed E-state index contributed by atoms with van der Waals surface area (Å²) in [5.74, 6) is -0.418. The van der Waals surface area contributed by atoms with E-state index in [1.165, 1.54) is 12.1 Å². The highest BCUT2D eigenvalue weighted by Crippen LogP contribution is 2.18. The van der Waals surface area contributed by atoms with Gasteiger partial charge in [0, 0.05) is 5.54 Å². The number of imidazole rings is 1. The van der Waals surface area contributed by atoms with Crippen molar-refractivity contribution in [2.75, 3.05) is 0 Å². The standard InChI is InChI=1S/C15H19N3O3/c1-9-16-11-7-10(14(20)21)5-6-12(11)18(9)8-13(19)17-15(2,3)4/h5-7H,8H2,1-4H3,(H,17,19)(H,20,21). The highest BCUT2D eigenvalue weighted by molar-refractivity contribution is 5.92. The molecule has 112 valence electrons.